The quantitative estimate of drug-likeness (QED) is 0.921. The van der Waals surface area contributed by atoms with Crippen molar-refractivity contribution >= 4 is 11.6 Å². The molecule has 6 nitrogen and oxygen atoms in total. The van der Waals surface area contributed by atoms with E-state index in [9.17, 15) is 4.79 Å². The molecule has 1 N–H and O–H groups in total. The molecule has 2 aliphatic heterocycles. The van der Waals surface area contributed by atoms with E-state index < -0.39 is 0 Å². The van der Waals surface area contributed by atoms with E-state index in [0.29, 0.717) is 18.4 Å². The van der Waals surface area contributed by atoms with Gasteiger partial charge < -0.3 is 10.1 Å². The van der Waals surface area contributed by atoms with E-state index in [1.54, 1.807) is 18.6 Å². The average Bonchev–Trinajstić information content (AvgIpc) is 3.05. The molecule has 6 heteroatoms. The Morgan fingerprint density at radius 1 is 1.16 bits per heavy atom. The first kappa shape index (κ1) is 16.2. The Bertz CT molecular complexity index is 710. The number of ether oxygens (including phenoxy) is 1. The highest BCUT2D eigenvalue weighted by molar-refractivity contribution is 5.92. The maximum absolute atomic E-state index is 12.7. The summed E-state index contributed by atoms with van der Waals surface area (Å²) in [5, 5.41) is 2.98. The van der Waals surface area contributed by atoms with Gasteiger partial charge in [0.2, 0.25) is 5.91 Å². The summed E-state index contributed by atoms with van der Waals surface area (Å²) in [5.74, 6) is 0.668. The molecular formula is C19H22N4O2. The van der Waals surface area contributed by atoms with E-state index >= 15 is 0 Å². The maximum atomic E-state index is 12.7. The van der Waals surface area contributed by atoms with Crippen molar-refractivity contribution in [2.24, 2.45) is 17.8 Å². The van der Waals surface area contributed by atoms with Crippen LogP contribution in [0.2, 0.25) is 0 Å². The third-order valence-electron chi connectivity index (χ3n) is 5.11. The molecule has 2 fully saturated rings. The van der Waals surface area contributed by atoms with Crippen molar-refractivity contribution in [2.75, 3.05) is 31.6 Å². The van der Waals surface area contributed by atoms with Gasteiger partial charge in [-0.3, -0.25) is 19.7 Å². The summed E-state index contributed by atoms with van der Waals surface area (Å²) in [6.45, 7) is 4.00. The number of hydrogen-bond acceptors (Lipinski definition) is 5. The zero-order valence-electron chi connectivity index (χ0n) is 14.0. The summed E-state index contributed by atoms with van der Waals surface area (Å²) in [6.07, 6.45) is 7.07. The number of fused-ring (bicyclic) bond motifs is 1. The summed E-state index contributed by atoms with van der Waals surface area (Å²) in [6, 6.07) is 7.74. The number of carbonyl (C=O) groups excluding carboxylic acids is 1. The van der Waals surface area contributed by atoms with Crippen LogP contribution in [0.5, 0.6) is 0 Å². The van der Waals surface area contributed by atoms with Crippen LogP contribution in [-0.2, 0) is 16.1 Å². The minimum absolute atomic E-state index is 0.0333. The standard InChI is InChI=1S/C19H22N4O2/c24-19(22-16-4-2-6-21-8-16)18-13-25-12-15-10-23(11-17(15)18)9-14-3-1-5-20-7-14/h1-8,15,17-18H,9-13H2,(H,22,24)/t15-,17-,18+/m1/s1. The molecular weight excluding hydrogens is 316 g/mol. The molecule has 0 aliphatic carbocycles. The molecule has 0 bridgehead atoms. The van der Waals surface area contributed by atoms with Crippen molar-refractivity contribution in [1.82, 2.24) is 14.9 Å². The first-order valence-electron chi connectivity index (χ1n) is 8.69. The number of aromatic nitrogens is 2. The second-order valence-corrected chi connectivity index (χ2v) is 6.85. The molecule has 4 rings (SSSR count). The van der Waals surface area contributed by atoms with Crippen molar-refractivity contribution in [3.63, 3.8) is 0 Å². The number of nitrogens with zero attached hydrogens (tertiary/aromatic N) is 3. The van der Waals surface area contributed by atoms with Gasteiger partial charge in [0.1, 0.15) is 0 Å². The topological polar surface area (TPSA) is 67.3 Å². The van der Waals surface area contributed by atoms with Crippen LogP contribution in [-0.4, -0.2) is 47.1 Å². The van der Waals surface area contributed by atoms with Gasteiger partial charge in [0.15, 0.2) is 0 Å². The van der Waals surface area contributed by atoms with Gasteiger partial charge in [0.05, 0.1) is 31.0 Å². The fraction of sp³-hybridized carbons (Fsp3) is 0.421. The molecule has 0 saturated carbocycles. The molecule has 2 saturated heterocycles. The summed E-state index contributed by atoms with van der Waals surface area (Å²) in [4.78, 5) is 23.4. The average molecular weight is 338 g/mol. The van der Waals surface area contributed by atoms with Crippen LogP contribution < -0.4 is 5.32 Å². The SMILES string of the molecule is O=C(Nc1cccnc1)[C@H]1COC[C@H]2CN(Cc3cccnc3)C[C@H]21. The Morgan fingerprint density at radius 2 is 2.00 bits per heavy atom. The van der Waals surface area contributed by atoms with Crippen molar-refractivity contribution in [3.8, 4) is 0 Å². The second-order valence-electron chi connectivity index (χ2n) is 6.85. The normalized spacial score (nSPS) is 26.2. The largest absolute Gasteiger partial charge is 0.380 e. The van der Waals surface area contributed by atoms with Gasteiger partial charge >= 0.3 is 0 Å². The minimum atomic E-state index is -0.113. The smallest absolute Gasteiger partial charge is 0.230 e. The number of nitrogens with one attached hydrogen (secondary N) is 1. The van der Waals surface area contributed by atoms with E-state index in [1.807, 2.05) is 24.4 Å². The zero-order valence-corrected chi connectivity index (χ0v) is 14.0. The lowest BCUT2D eigenvalue weighted by Gasteiger charge is -2.32. The van der Waals surface area contributed by atoms with E-state index in [1.165, 1.54) is 5.56 Å². The predicted molar refractivity (Wildman–Crippen MR) is 93.7 cm³/mol. The van der Waals surface area contributed by atoms with E-state index in [-0.39, 0.29) is 11.8 Å². The fourth-order valence-corrected chi connectivity index (χ4v) is 3.91. The number of carbonyl (C=O) groups is 1. The fourth-order valence-electron chi connectivity index (χ4n) is 3.91. The number of hydrogen-bond donors (Lipinski definition) is 1. The lowest BCUT2D eigenvalue weighted by Crippen LogP contribution is -2.41. The highest BCUT2D eigenvalue weighted by Gasteiger charge is 2.43. The Kier molecular flexibility index (Phi) is 4.72. The second kappa shape index (κ2) is 7.29. The Hall–Kier alpha value is -2.31. The maximum Gasteiger partial charge on any atom is 0.230 e. The highest BCUT2D eigenvalue weighted by Crippen LogP contribution is 2.35. The molecule has 3 atom stereocenters. The van der Waals surface area contributed by atoms with Crippen LogP contribution in [0.3, 0.4) is 0 Å². The van der Waals surface area contributed by atoms with Crippen LogP contribution in [0.15, 0.2) is 49.1 Å². The summed E-state index contributed by atoms with van der Waals surface area (Å²) < 4.78 is 5.74. The predicted octanol–water partition coefficient (Wildman–Crippen LogP) is 1.81. The van der Waals surface area contributed by atoms with Crippen LogP contribution in [0.25, 0.3) is 0 Å². The number of likely N-dealkylation sites (tertiary alicyclic amines) is 1. The van der Waals surface area contributed by atoms with Gasteiger partial charge in [-0.15, -0.1) is 0 Å². The van der Waals surface area contributed by atoms with Gasteiger partial charge in [-0.1, -0.05) is 6.07 Å². The third-order valence-corrected chi connectivity index (χ3v) is 5.11. The Morgan fingerprint density at radius 3 is 2.76 bits per heavy atom. The minimum Gasteiger partial charge on any atom is -0.380 e. The number of amides is 1. The summed E-state index contributed by atoms with van der Waals surface area (Å²) >= 11 is 0. The molecule has 130 valence electrons. The molecule has 25 heavy (non-hydrogen) atoms. The first-order valence-corrected chi connectivity index (χ1v) is 8.69. The van der Waals surface area contributed by atoms with E-state index in [4.69, 9.17) is 4.74 Å². The number of rotatable bonds is 4. The lowest BCUT2D eigenvalue weighted by molar-refractivity contribution is -0.128. The Balaban J connectivity index is 1.41. The third kappa shape index (κ3) is 3.70. The zero-order chi connectivity index (χ0) is 17.1. The first-order chi connectivity index (χ1) is 12.3. The molecule has 0 unspecified atom stereocenters. The molecule has 2 aliphatic rings. The molecule has 1 amide bonds. The number of anilines is 1. The molecule has 0 radical (unpaired) electrons. The van der Waals surface area contributed by atoms with Gasteiger partial charge in [0, 0.05) is 38.2 Å². The van der Waals surface area contributed by atoms with Crippen LogP contribution >= 0.6 is 0 Å². The van der Waals surface area contributed by atoms with Crippen molar-refractivity contribution < 1.29 is 9.53 Å². The molecule has 2 aromatic heterocycles. The van der Waals surface area contributed by atoms with Crippen LogP contribution in [0, 0.1) is 17.8 Å². The van der Waals surface area contributed by atoms with Gasteiger partial charge in [-0.05, 0) is 35.6 Å². The molecule has 0 aromatic carbocycles. The monoisotopic (exact) mass is 338 g/mol. The van der Waals surface area contributed by atoms with Crippen molar-refractivity contribution in [3.05, 3.63) is 54.6 Å². The lowest BCUT2D eigenvalue weighted by atomic mass is 9.82. The van der Waals surface area contributed by atoms with Gasteiger partial charge in [-0.25, -0.2) is 0 Å². The highest BCUT2D eigenvalue weighted by atomic mass is 16.5. The molecule has 4 heterocycles. The summed E-state index contributed by atoms with van der Waals surface area (Å²) in [7, 11) is 0. The van der Waals surface area contributed by atoms with Crippen LogP contribution in [0.1, 0.15) is 5.56 Å². The van der Waals surface area contributed by atoms with Crippen LogP contribution in [0.4, 0.5) is 5.69 Å². The van der Waals surface area contributed by atoms with Gasteiger partial charge in [0.25, 0.3) is 0 Å². The van der Waals surface area contributed by atoms with E-state index in [2.05, 4.69) is 26.3 Å². The molecule has 2 aromatic rings. The molecule has 0 spiro atoms. The summed E-state index contributed by atoms with van der Waals surface area (Å²) in [5.41, 5.74) is 1.94. The Labute approximate surface area is 147 Å². The van der Waals surface area contributed by atoms with E-state index in [0.717, 1.165) is 31.9 Å². The van der Waals surface area contributed by atoms with Crippen molar-refractivity contribution in [1.29, 1.82) is 0 Å². The van der Waals surface area contributed by atoms with Crippen molar-refractivity contribution in [2.45, 2.75) is 6.54 Å². The number of pyridine rings is 2. The van der Waals surface area contributed by atoms with Gasteiger partial charge in [-0.2, -0.15) is 0 Å².